The normalized spacial score (nSPS) is 17.0. The van der Waals surface area contributed by atoms with Gasteiger partial charge in [-0.15, -0.1) is 0 Å². The summed E-state index contributed by atoms with van der Waals surface area (Å²) in [6.45, 7) is 3.51. The summed E-state index contributed by atoms with van der Waals surface area (Å²) in [7, 11) is 0. The molecule has 3 rings (SSSR count). The Morgan fingerprint density at radius 2 is 1.62 bits per heavy atom. The van der Waals surface area contributed by atoms with E-state index in [0.29, 0.717) is 11.3 Å². The number of carbonyl (C=O) groups is 1. The smallest absolute Gasteiger partial charge is 0.210 e. The number of hydrogen-bond donors (Lipinski definition) is 1. The molecule has 4 heteroatoms. The van der Waals surface area contributed by atoms with Crippen molar-refractivity contribution in [3.05, 3.63) is 59.9 Å². The zero-order chi connectivity index (χ0) is 15.0. The Hall–Kier alpha value is -2.62. The molecule has 0 amide bonds. The van der Waals surface area contributed by atoms with Gasteiger partial charge in [0, 0.05) is 18.0 Å². The molecule has 0 fully saturated rings. The Kier molecular flexibility index (Phi) is 3.01. The van der Waals surface area contributed by atoms with Crippen LogP contribution in [0.3, 0.4) is 0 Å². The molecule has 4 nitrogen and oxygen atoms in total. The van der Waals surface area contributed by atoms with E-state index in [1.54, 1.807) is 50.5 Å². The molecular weight excluding hydrogens is 266 g/mol. The highest BCUT2D eigenvalue weighted by Gasteiger charge is 2.42. The maximum Gasteiger partial charge on any atom is 0.210 e. The summed E-state index contributed by atoms with van der Waals surface area (Å²) in [5.41, 5.74) is 1.18. The predicted octanol–water partition coefficient (Wildman–Crippen LogP) is 3.03. The zero-order valence-electron chi connectivity index (χ0n) is 11.8. The first-order chi connectivity index (χ1) is 9.99. The van der Waals surface area contributed by atoms with E-state index in [0.717, 1.165) is 11.1 Å². The minimum absolute atomic E-state index is 0.0694. The van der Waals surface area contributed by atoms with Gasteiger partial charge in [-0.25, -0.2) is 0 Å². The first-order valence-corrected chi connectivity index (χ1v) is 6.67. The summed E-state index contributed by atoms with van der Waals surface area (Å²) in [6, 6.07) is 10.2. The van der Waals surface area contributed by atoms with Crippen molar-refractivity contribution in [3.63, 3.8) is 0 Å². The SMILES string of the molecule is CC1(C)OC(c2ccncc2)=C(c2ccc(O)cc2)C1=O. The molecule has 0 aliphatic carbocycles. The van der Waals surface area contributed by atoms with Gasteiger partial charge >= 0.3 is 0 Å². The minimum Gasteiger partial charge on any atom is -0.508 e. The largest absolute Gasteiger partial charge is 0.508 e. The van der Waals surface area contributed by atoms with Gasteiger partial charge in [0.1, 0.15) is 11.5 Å². The van der Waals surface area contributed by atoms with Crippen LogP contribution in [0, 0.1) is 0 Å². The fourth-order valence-electron chi connectivity index (χ4n) is 2.35. The van der Waals surface area contributed by atoms with E-state index in [2.05, 4.69) is 4.98 Å². The Balaban J connectivity index is 2.19. The molecule has 1 N–H and O–H groups in total. The molecule has 0 atom stereocenters. The van der Waals surface area contributed by atoms with Gasteiger partial charge in [-0.2, -0.15) is 0 Å². The Morgan fingerprint density at radius 3 is 2.24 bits per heavy atom. The third-order valence-corrected chi connectivity index (χ3v) is 3.46. The molecular formula is C17H15NO3. The van der Waals surface area contributed by atoms with Gasteiger partial charge in [-0.05, 0) is 43.7 Å². The number of pyridine rings is 1. The Morgan fingerprint density at radius 1 is 1.00 bits per heavy atom. The second kappa shape index (κ2) is 4.74. The molecule has 0 bridgehead atoms. The number of hydrogen-bond acceptors (Lipinski definition) is 4. The number of rotatable bonds is 2. The molecule has 2 aromatic rings. The molecule has 0 saturated carbocycles. The first kappa shape index (κ1) is 13.4. The molecule has 1 aliphatic heterocycles. The van der Waals surface area contributed by atoms with E-state index in [1.165, 1.54) is 0 Å². The van der Waals surface area contributed by atoms with E-state index < -0.39 is 5.60 Å². The molecule has 2 heterocycles. The van der Waals surface area contributed by atoms with Crippen LogP contribution in [0.15, 0.2) is 48.8 Å². The number of phenols is 1. The number of nitrogens with zero attached hydrogens (tertiary/aromatic N) is 1. The van der Waals surface area contributed by atoms with Crippen molar-refractivity contribution in [2.24, 2.45) is 0 Å². The van der Waals surface area contributed by atoms with E-state index >= 15 is 0 Å². The zero-order valence-corrected chi connectivity index (χ0v) is 11.8. The van der Waals surface area contributed by atoms with Crippen LogP contribution < -0.4 is 0 Å². The standard InChI is InChI=1S/C17H15NO3/c1-17(2)16(20)14(11-3-5-13(19)6-4-11)15(21-17)12-7-9-18-10-8-12/h3-10,19H,1-2H3. The lowest BCUT2D eigenvalue weighted by atomic mass is 9.93. The molecule has 106 valence electrons. The lowest BCUT2D eigenvalue weighted by molar-refractivity contribution is -0.125. The van der Waals surface area contributed by atoms with Gasteiger partial charge in [0.15, 0.2) is 5.60 Å². The summed E-state index contributed by atoms with van der Waals surface area (Å²) in [6.07, 6.45) is 3.33. The fourth-order valence-corrected chi connectivity index (χ4v) is 2.35. The molecule has 1 aliphatic rings. The van der Waals surface area contributed by atoms with Crippen LogP contribution in [0.5, 0.6) is 5.75 Å². The molecule has 1 aromatic heterocycles. The Labute approximate surface area is 122 Å². The van der Waals surface area contributed by atoms with Gasteiger partial charge in [0.05, 0.1) is 5.57 Å². The van der Waals surface area contributed by atoms with Gasteiger partial charge in [0.25, 0.3) is 0 Å². The highest BCUT2D eigenvalue weighted by atomic mass is 16.5. The van der Waals surface area contributed by atoms with Crippen LogP contribution >= 0.6 is 0 Å². The van der Waals surface area contributed by atoms with Gasteiger partial charge in [0.2, 0.25) is 5.78 Å². The third kappa shape index (κ3) is 2.29. The number of ketones is 1. The summed E-state index contributed by atoms with van der Waals surface area (Å²) < 4.78 is 5.88. The van der Waals surface area contributed by atoms with Crippen molar-refractivity contribution in [2.45, 2.75) is 19.4 Å². The molecule has 1 aromatic carbocycles. The molecule has 0 radical (unpaired) electrons. The van der Waals surface area contributed by atoms with E-state index in [-0.39, 0.29) is 11.5 Å². The van der Waals surface area contributed by atoms with Crippen molar-refractivity contribution in [1.82, 2.24) is 4.98 Å². The Bertz CT molecular complexity index is 715. The number of aromatic nitrogens is 1. The first-order valence-electron chi connectivity index (χ1n) is 6.67. The highest BCUT2D eigenvalue weighted by molar-refractivity contribution is 6.32. The monoisotopic (exact) mass is 281 g/mol. The van der Waals surface area contributed by atoms with E-state index in [4.69, 9.17) is 4.74 Å². The van der Waals surface area contributed by atoms with Crippen LogP contribution in [-0.4, -0.2) is 21.5 Å². The van der Waals surface area contributed by atoms with Crippen LogP contribution in [0.25, 0.3) is 11.3 Å². The lowest BCUT2D eigenvalue weighted by Crippen LogP contribution is -2.29. The quantitative estimate of drug-likeness (QED) is 0.919. The van der Waals surface area contributed by atoms with E-state index in [1.807, 2.05) is 12.1 Å². The molecule has 0 saturated heterocycles. The fraction of sp³-hybridized carbons (Fsp3) is 0.176. The van der Waals surface area contributed by atoms with Gasteiger partial charge < -0.3 is 9.84 Å². The number of aromatic hydroxyl groups is 1. The number of ether oxygens (including phenoxy) is 1. The minimum atomic E-state index is -0.897. The average Bonchev–Trinajstić information content (AvgIpc) is 2.72. The summed E-state index contributed by atoms with van der Waals surface area (Å²) in [4.78, 5) is 16.6. The number of benzene rings is 1. The van der Waals surface area contributed by atoms with Crippen LogP contribution in [0.4, 0.5) is 0 Å². The van der Waals surface area contributed by atoms with Crippen molar-refractivity contribution in [1.29, 1.82) is 0 Å². The molecule has 0 unspecified atom stereocenters. The summed E-state index contributed by atoms with van der Waals surface area (Å²) in [5, 5.41) is 9.41. The van der Waals surface area contributed by atoms with Crippen molar-refractivity contribution >= 4 is 17.1 Å². The molecule has 21 heavy (non-hydrogen) atoms. The van der Waals surface area contributed by atoms with Crippen molar-refractivity contribution in [3.8, 4) is 5.75 Å². The average molecular weight is 281 g/mol. The molecule has 0 spiro atoms. The van der Waals surface area contributed by atoms with Gasteiger partial charge in [-0.3, -0.25) is 9.78 Å². The van der Waals surface area contributed by atoms with Crippen LogP contribution in [0.2, 0.25) is 0 Å². The topological polar surface area (TPSA) is 59.4 Å². The van der Waals surface area contributed by atoms with E-state index in [9.17, 15) is 9.90 Å². The van der Waals surface area contributed by atoms with Crippen LogP contribution in [0.1, 0.15) is 25.0 Å². The lowest BCUT2D eigenvalue weighted by Gasteiger charge is -2.17. The van der Waals surface area contributed by atoms with Gasteiger partial charge in [-0.1, -0.05) is 12.1 Å². The van der Waals surface area contributed by atoms with Crippen molar-refractivity contribution in [2.75, 3.05) is 0 Å². The predicted molar refractivity (Wildman–Crippen MR) is 79.3 cm³/mol. The summed E-state index contributed by atoms with van der Waals surface area (Å²) in [5.74, 6) is 0.647. The maximum atomic E-state index is 12.6. The third-order valence-electron chi connectivity index (χ3n) is 3.46. The van der Waals surface area contributed by atoms with Crippen LogP contribution in [-0.2, 0) is 9.53 Å². The summed E-state index contributed by atoms with van der Waals surface area (Å²) >= 11 is 0. The number of carbonyl (C=O) groups excluding carboxylic acids is 1. The number of phenolic OH excluding ortho intramolecular Hbond substituents is 1. The number of Topliss-reactive ketones (excluding diaryl/α,β-unsaturated/α-hetero) is 1. The van der Waals surface area contributed by atoms with Crippen molar-refractivity contribution < 1.29 is 14.6 Å². The highest BCUT2D eigenvalue weighted by Crippen LogP contribution is 2.41. The second-order valence-electron chi connectivity index (χ2n) is 5.43. The maximum absolute atomic E-state index is 12.6. The second-order valence-corrected chi connectivity index (χ2v) is 5.43.